The molecule has 2 N–H and O–H groups in total. The zero-order chi connectivity index (χ0) is 10.8. The van der Waals surface area contributed by atoms with Gasteiger partial charge < -0.3 is 5.73 Å². The highest BCUT2D eigenvalue weighted by Crippen LogP contribution is 2.24. The molecule has 15 heavy (non-hydrogen) atoms. The Kier molecular flexibility index (Phi) is 2.88. The van der Waals surface area contributed by atoms with Gasteiger partial charge in [0.2, 0.25) is 0 Å². The lowest BCUT2D eigenvalue weighted by molar-refractivity contribution is 0.809. The lowest BCUT2D eigenvalue weighted by Crippen LogP contribution is -2.06. The molecule has 1 heterocycles. The predicted molar refractivity (Wildman–Crippen MR) is 63.9 cm³/mol. The van der Waals surface area contributed by atoms with Crippen molar-refractivity contribution >= 4 is 15.9 Å². The predicted octanol–water partition coefficient (Wildman–Crippen LogP) is 2.65. The molecule has 1 aromatic carbocycles. The molecule has 4 heteroatoms. The van der Waals surface area contributed by atoms with E-state index in [0.717, 1.165) is 15.7 Å². The number of nitrogens with two attached hydrogens (primary N) is 1. The minimum absolute atomic E-state index is 0.0334. The van der Waals surface area contributed by atoms with Crippen molar-refractivity contribution in [1.82, 2.24) is 9.78 Å². The Morgan fingerprint density at radius 3 is 2.80 bits per heavy atom. The van der Waals surface area contributed by atoms with Crippen LogP contribution in [0.1, 0.15) is 18.5 Å². The van der Waals surface area contributed by atoms with Crippen LogP contribution in [-0.4, -0.2) is 9.78 Å². The van der Waals surface area contributed by atoms with Crippen LogP contribution in [0, 0.1) is 0 Å². The van der Waals surface area contributed by atoms with Gasteiger partial charge in [-0.15, -0.1) is 0 Å². The summed E-state index contributed by atoms with van der Waals surface area (Å²) in [6.07, 6.45) is 3.67. The van der Waals surface area contributed by atoms with Crippen LogP contribution in [0.4, 0.5) is 0 Å². The van der Waals surface area contributed by atoms with Gasteiger partial charge in [0.15, 0.2) is 0 Å². The minimum Gasteiger partial charge on any atom is -0.324 e. The number of aromatic nitrogens is 2. The lowest BCUT2D eigenvalue weighted by Gasteiger charge is -2.10. The number of nitrogens with zero attached hydrogens (tertiary/aromatic N) is 2. The summed E-state index contributed by atoms with van der Waals surface area (Å²) in [7, 11) is 0. The molecule has 1 atom stereocenters. The molecule has 2 aromatic rings. The summed E-state index contributed by atoms with van der Waals surface area (Å²) in [6, 6.07) is 7.98. The summed E-state index contributed by atoms with van der Waals surface area (Å²) in [5.74, 6) is 0. The molecule has 0 aliphatic carbocycles. The van der Waals surface area contributed by atoms with E-state index in [0.29, 0.717) is 0 Å². The van der Waals surface area contributed by atoms with Crippen LogP contribution < -0.4 is 5.73 Å². The van der Waals surface area contributed by atoms with Crippen LogP contribution in [0.25, 0.3) is 5.69 Å². The van der Waals surface area contributed by atoms with Gasteiger partial charge in [0, 0.05) is 22.9 Å². The number of benzene rings is 1. The van der Waals surface area contributed by atoms with Crippen LogP contribution in [0.15, 0.2) is 41.1 Å². The van der Waals surface area contributed by atoms with E-state index in [4.69, 9.17) is 5.73 Å². The van der Waals surface area contributed by atoms with Gasteiger partial charge in [-0.1, -0.05) is 22.0 Å². The fourth-order valence-corrected chi connectivity index (χ4v) is 2.18. The quantitative estimate of drug-likeness (QED) is 0.908. The van der Waals surface area contributed by atoms with Gasteiger partial charge in [-0.3, -0.25) is 0 Å². The van der Waals surface area contributed by atoms with E-state index in [1.54, 1.807) is 6.20 Å². The Balaban J connectivity index is 2.42. The highest BCUT2D eigenvalue weighted by atomic mass is 79.9. The Hall–Kier alpha value is -1.13. The second kappa shape index (κ2) is 4.16. The van der Waals surface area contributed by atoms with Gasteiger partial charge >= 0.3 is 0 Å². The largest absolute Gasteiger partial charge is 0.324 e. The topological polar surface area (TPSA) is 43.8 Å². The average molecular weight is 266 g/mol. The highest BCUT2D eigenvalue weighted by Gasteiger charge is 2.06. The molecule has 3 nitrogen and oxygen atoms in total. The summed E-state index contributed by atoms with van der Waals surface area (Å²) >= 11 is 3.51. The molecular formula is C11H12BrN3. The molecule has 0 aliphatic heterocycles. The Morgan fingerprint density at radius 2 is 2.27 bits per heavy atom. The summed E-state index contributed by atoms with van der Waals surface area (Å²) in [4.78, 5) is 0. The van der Waals surface area contributed by atoms with Crippen LogP contribution >= 0.6 is 15.9 Å². The van der Waals surface area contributed by atoms with E-state index in [2.05, 4.69) is 21.0 Å². The SMILES string of the molecule is C[C@H](N)c1ccc(-n2cccn2)cc1Br. The molecule has 0 aliphatic rings. The van der Waals surface area contributed by atoms with Crippen molar-refractivity contribution < 1.29 is 0 Å². The molecule has 0 unspecified atom stereocenters. The molecule has 0 amide bonds. The first-order valence-electron chi connectivity index (χ1n) is 4.73. The third kappa shape index (κ3) is 2.11. The number of halogens is 1. The highest BCUT2D eigenvalue weighted by molar-refractivity contribution is 9.10. The molecular weight excluding hydrogens is 254 g/mol. The fraction of sp³-hybridized carbons (Fsp3) is 0.182. The van der Waals surface area contributed by atoms with E-state index < -0.39 is 0 Å². The lowest BCUT2D eigenvalue weighted by atomic mass is 10.1. The molecule has 1 aromatic heterocycles. The van der Waals surface area contributed by atoms with E-state index >= 15 is 0 Å². The average Bonchev–Trinajstić information content (AvgIpc) is 2.69. The van der Waals surface area contributed by atoms with Gasteiger partial charge in [0.05, 0.1) is 5.69 Å². The third-order valence-electron chi connectivity index (χ3n) is 2.24. The van der Waals surface area contributed by atoms with Crippen molar-refractivity contribution in [3.05, 3.63) is 46.7 Å². The maximum absolute atomic E-state index is 5.83. The zero-order valence-corrected chi connectivity index (χ0v) is 9.98. The van der Waals surface area contributed by atoms with Gasteiger partial charge in [-0.2, -0.15) is 5.10 Å². The summed E-state index contributed by atoms with van der Waals surface area (Å²) in [5.41, 5.74) is 7.96. The van der Waals surface area contributed by atoms with Gasteiger partial charge in [0.25, 0.3) is 0 Å². The molecule has 78 valence electrons. The first-order chi connectivity index (χ1) is 7.18. The van der Waals surface area contributed by atoms with E-state index in [9.17, 15) is 0 Å². The van der Waals surface area contributed by atoms with Gasteiger partial charge in [0.1, 0.15) is 0 Å². The van der Waals surface area contributed by atoms with Crippen molar-refractivity contribution in [2.75, 3.05) is 0 Å². The van der Waals surface area contributed by atoms with Crippen molar-refractivity contribution in [3.8, 4) is 5.69 Å². The first kappa shape index (κ1) is 10.4. The molecule has 0 spiro atoms. The number of hydrogen-bond donors (Lipinski definition) is 1. The first-order valence-corrected chi connectivity index (χ1v) is 5.53. The molecule has 0 saturated carbocycles. The Bertz CT molecular complexity index is 449. The Labute approximate surface area is 97.0 Å². The molecule has 2 rings (SSSR count). The molecule has 0 saturated heterocycles. The monoisotopic (exact) mass is 265 g/mol. The zero-order valence-electron chi connectivity index (χ0n) is 8.39. The van der Waals surface area contributed by atoms with Gasteiger partial charge in [-0.05, 0) is 30.7 Å². The van der Waals surface area contributed by atoms with Gasteiger partial charge in [-0.25, -0.2) is 4.68 Å². The van der Waals surface area contributed by atoms with E-state index in [1.807, 2.05) is 42.1 Å². The van der Waals surface area contributed by atoms with Crippen LogP contribution in [0.5, 0.6) is 0 Å². The van der Waals surface area contributed by atoms with Crippen molar-refractivity contribution in [2.45, 2.75) is 13.0 Å². The summed E-state index contributed by atoms with van der Waals surface area (Å²) in [6.45, 7) is 1.97. The van der Waals surface area contributed by atoms with Crippen LogP contribution in [0.2, 0.25) is 0 Å². The van der Waals surface area contributed by atoms with Crippen molar-refractivity contribution in [3.63, 3.8) is 0 Å². The number of rotatable bonds is 2. The molecule has 0 fully saturated rings. The standard InChI is InChI=1S/C11H12BrN3/c1-8(13)10-4-3-9(7-11(10)12)15-6-2-5-14-15/h2-8H,13H2,1H3/t8-/m0/s1. The molecule has 0 radical (unpaired) electrons. The third-order valence-corrected chi connectivity index (χ3v) is 2.93. The normalized spacial score (nSPS) is 12.7. The molecule has 0 bridgehead atoms. The second-order valence-corrected chi connectivity index (χ2v) is 4.30. The van der Waals surface area contributed by atoms with Crippen LogP contribution in [0.3, 0.4) is 0 Å². The van der Waals surface area contributed by atoms with Crippen molar-refractivity contribution in [1.29, 1.82) is 0 Å². The Morgan fingerprint density at radius 1 is 1.47 bits per heavy atom. The summed E-state index contributed by atoms with van der Waals surface area (Å²) in [5, 5.41) is 4.17. The maximum Gasteiger partial charge on any atom is 0.0656 e. The summed E-state index contributed by atoms with van der Waals surface area (Å²) < 4.78 is 2.83. The van der Waals surface area contributed by atoms with E-state index in [1.165, 1.54) is 0 Å². The fourth-order valence-electron chi connectivity index (χ4n) is 1.45. The van der Waals surface area contributed by atoms with Crippen LogP contribution in [-0.2, 0) is 0 Å². The maximum atomic E-state index is 5.83. The van der Waals surface area contributed by atoms with Crippen molar-refractivity contribution in [2.24, 2.45) is 5.73 Å². The minimum atomic E-state index is 0.0334. The second-order valence-electron chi connectivity index (χ2n) is 3.45. The smallest absolute Gasteiger partial charge is 0.0656 e. The van der Waals surface area contributed by atoms with E-state index in [-0.39, 0.29) is 6.04 Å². The number of hydrogen-bond acceptors (Lipinski definition) is 2.